The summed E-state index contributed by atoms with van der Waals surface area (Å²) >= 11 is 0. The molecule has 0 unspecified atom stereocenters. The second kappa shape index (κ2) is 8.34. The number of likely N-dealkylation sites (tertiary alicyclic amines) is 1. The number of imidazole rings is 1. The molecule has 1 aromatic carbocycles. The van der Waals surface area contributed by atoms with Crippen LogP contribution in [0.2, 0.25) is 0 Å². The van der Waals surface area contributed by atoms with Crippen molar-refractivity contribution in [2.24, 2.45) is 4.99 Å². The minimum Gasteiger partial charge on any atom is -0.356 e. The Morgan fingerprint density at radius 3 is 2.76 bits per heavy atom. The van der Waals surface area contributed by atoms with Crippen LogP contribution in [-0.4, -0.2) is 59.6 Å². The summed E-state index contributed by atoms with van der Waals surface area (Å²) in [4.78, 5) is 14.9. The van der Waals surface area contributed by atoms with E-state index in [0.29, 0.717) is 12.1 Å². The summed E-state index contributed by atoms with van der Waals surface area (Å²) in [5, 5.41) is 6.97. The van der Waals surface area contributed by atoms with Crippen molar-refractivity contribution in [1.82, 2.24) is 25.5 Å². The van der Waals surface area contributed by atoms with Gasteiger partial charge in [-0.25, -0.2) is 4.98 Å². The topological polar surface area (TPSA) is 68.3 Å². The average Bonchev–Trinajstić information content (AvgIpc) is 3.04. The highest BCUT2D eigenvalue weighted by atomic mass is 15.2. The summed E-state index contributed by atoms with van der Waals surface area (Å²) in [6, 6.07) is 9.28. The molecule has 1 aliphatic rings. The van der Waals surface area contributed by atoms with Crippen molar-refractivity contribution < 1.29 is 0 Å². The normalized spacial score (nSPS) is 17.4. The van der Waals surface area contributed by atoms with Crippen LogP contribution in [0.5, 0.6) is 0 Å². The summed E-state index contributed by atoms with van der Waals surface area (Å²) in [5.41, 5.74) is 2.12. The first-order valence-corrected chi connectivity index (χ1v) is 9.30. The van der Waals surface area contributed by atoms with Crippen LogP contribution in [-0.2, 0) is 6.42 Å². The summed E-state index contributed by atoms with van der Waals surface area (Å²) in [6.07, 6.45) is 3.19. The molecule has 0 amide bonds. The van der Waals surface area contributed by atoms with E-state index in [0.717, 1.165) is 48.9 Å². The molecule has 0 radical (unpaired) electrons. The van der Waals surface area contributed by atoms with Crippen molar-refractivity contribution in [3.05, 3.63) is 30.1 Å². The van der Waals surface area contributed by atoms with Crippen molar-refractivity contribution >= 4 is 17.0 Å². The zero-order valence-corrected chi connectivity index (χ0v) is 15.5. The van der Waals surface area contributed by atoms with Crippen LogP contribution in [0.1, 0.15) is 32.5 Å². The van der Waals surface area contributed by atoms with Crippen LogP contribution in [0.3, 0.4) is 0 Å². The lowest BCUT2D eigenvalue weighted by Crippen LogP contribution is -2.50. The molecule has 3 N–H and O–H groups in total. The maximum atomic E-state index is 4.61. The number of hydrogen-bond donors (Lipinski definition) is 3. The predicted octanol–water partition coefficient (Wildman–Crippen LogP) is 2.14. The number of benzene rings is 1. The van der Waals surface area contributed by atoms with Gasteiger partial charge in [0.05, 0.1) is 11.0 Å². The second-order valence-electron chi connectivity index (χ2n) is 7.00. The van der Waals surface area contributed by atoms with Gasteiger partial charge in [-0.1, -0.05) is 12.1 Å². The Kier molecular flexibility index (Phi) is 5.91. The number of H-pyrrole nitrogens is 1. The third-order valence-corrected chi connectivity index (χ3v) is 4.92. The van der Waals surface area contributed by atoms with Gasteiger partial charge in [0, 0.05) is 45.2 Å². The molecule has 2 aromatic rings. The van der Waals surface area contributed by atoms with Crippen LogP contribution in [0.4, 0.5) is 0 Å². The SMILES string of the molecule is CN=C(NCCc1nc2ccccc2[nH]1)NC1CCN(C(C)C)CC1. The van der Waals surface area contributed by atoms with Gasteiger partial charge in [-0.2, -0.15) is 0 Å². The molecule has 0 spiro atoms. The number of nitrogens with zero attached hydrogens (tertiary/aromatic N) is 3. The van der Waals surface area contributed by atoms with Crippen LogP contribution in [0.25, 0.3) is 11.0 Å². The molecule has 0 atom stereocenters. The Hall–Kier alpha value is -2.08. The molecular weight excluding hydrogens is 312 g/mol. The van der Waals surface area contributed by atoms with Crippen molar-refractivity contribution in [3.8, 4) is 0 Å². The first kappa shape index (κ1) is 17.7. The van der Waals surface area contributed by atoms with E-state index in [2.05, 4.69) is 50.4 Å². The van der Waals surface area contributed by atoms with Gasteiger partial charge in [0.15, 0.2) is 5.96 Å². The lowest BCUT2D eigenvalue weighted by molar-refractivity contribution is 0.167. The molecule has 6 heteroatoms. The van der Waals surface area contributed by atoms with E-state index in [4.69, 9.17) is 0 Å². The van der Waals surface area contributed by atoms with Crippen molar-refractivity contribution in [3.63, 3.8) is 0 Å². The van der Waals surface area contributed by atoms with Crippen molar-refractivity contribution in [2.75, 3.05) is 26.7 Å². The third kappa shape index (κ3) is 4.72. The summed E-state index contributed by atoms with van der Waals surface area (Å²) in [7, 11) is 1.83. The third-order valence-electron chi connectivity index (χ3n) is 4.92. The zero-order valence-electron chi connectivity index (χ0n) is 15.5. The number of aromatic amines is 1. The standard InChI is InChI=1S/C19H30N6/c1-14(2)25-12-9-15(10-13-25)22-19(20-3)21-11-8-18-23-16-6-4-5-7-17(16)24-18/h4-7,14-15H,8-13H2,1-3H3,(H,23,24)(H2,20,21,22). The number of aliphatic imine (C=N–C) groups is 1. The molecule has 25 heavy (non-hydrogen) atoms. The van der Waals surface area contributed by atoms with E-state index in [1.165, 1.54) is 12.8 Å². The summed E-state index contributed by atoms with van der Waals surface area (Å²) in [6.45, 7) is 7.67. The van der Waals surface area contributed by atoms with E-state index in [1.807, 2.05) is 25.2 Å². The Labute approximate surface area is 150 Å². The fraction of sp³-hybridized carbons (Fsp3) is 0.579. The van der Waals surface area contributed by atoms with Gasteiger partial charge in [0.1, 0.15) is 5.82 Å². The summed E-state index contributed by atoms with van der Waals surface area (Å²) < 4.78 is 0. The molecule has 1 aliphatic heterocycles. The monoisotopic (exact) mass is 342 g/mol. The van der Waals surface area contributed by atoms with Gasteiger partial charge in [-0.3, -0.25) is 4.99 Å². The average molecular weight is 342 g/mol. The van der Waals surface area contributed by atoms with E-state index in [1.54, 1.807) is 0 Å². The van der Waals surface area contributed by atoms with Gasteiger partial charge in [-0.05, 0) is 38.8 Å². The lowest BCUT2D eigenvalue weighted by Gasteiger charge is -2.35. The predicted molar refractivity (Wildman–Crippen MR) is 104 cm³/mol. The maximum Gasteiger partial charge on any atom is 0.191 e. The van der Waals surface area contributed by atoms with Crippen LogP contribution in [0, 0.1) is 0 Å². The first-order chi connectivity index (χ1) is 12.2. The molecule has 0 bridgehead atoms. The lowest BCUT2D eigenvalue weighted by atomic mass is 10.0. The highest BCUT2D eigenvalue weighted by Crippen LogP contribution is 2.13. The van der Waals surface area contributed by atoms with E-state index < -0.39 is 0 Å². The smallest absolute Gasteiger partial charge is 0.191 e. The Balaban J connectivity index is 1.43. The maximum absolute atomic E-state index is 4.61. The number of nitrogens with one attached hydrogen (secondary N) is 3. The molecular formula is C19H30N6. The number of guanidine groups is 1. The first-order valence-electron chi connectivity index (χ1n) is 9.30. The highest BCUT2D eigenvalue weighted by molar-refractivity contribution is 5.80. The van der Waals surface area contributed by atoms with Gasteiger partial charge in [0.2, 0.25) is 0 Å². The summed E-state index contributed by atoms with van der Waals surface area (Å²) in [5.74, 6) is 1.90. The number of aromatic nitrogens is 2. The number of fused-ring (bicyclic) bond motifs is 1. The van der Waals surface area contributed by atoms with E-state index in [-0.39, 0.29) is 0 Å². The van der Waals surface area contributed by atoms with Gasteiger partial charge in [0.25, 0.3) is 0 Å². The molecule has 6 nitrogen and oxygen atoms in total. The minimum absolute atomic E-state index is 0.507. The molecule has 1 fully saturated rings. The number of rotatable bonds is 5. The van der Waals surface area contributed by atoms with Crippen LogP contribution in [0.15, 0.2) is 29.3 Å². The zero-order chi connectivity index (χ0) is 17.6. The number of piperidine rings is 1. The van der Waals surface area contributed by atoms with E-state index >= 15 is 0 Å². The van der Waals surface area contributed by atoms with E-state index in [9.17, 15) is 0 Å². The Morgan fingerprint density at radius 1 is 1.32 bits per heavy atom. The molecule has 3 rings (SSSR count). The number of hydrogen-bond acceptors (Lipinski definition) is 3. The molecule has 1 aromatic heterocycles. The van der Waals surface area contributed by atoms with Crippen molar-refractivity contribution in [2.45, 2.75) is 45.2 Å². The Bertz CT molecular complexity index is 664. The number of para-hydroxylation sites is 2. The fourth-order valence-electron chi connectivity index (χ4n) is 3.37. The quantitative estimate of drug-likeness (QED) is 0.575. The molecule has 2 heterocycles. The highest BCUT2D eigenvalue weighted by Gasteiger charge is 2.21. The van der Waals surface area contributed by atoms with Gasteiger partial charge in [-0.15, -0.1) is 0 Å². The van der Waals surface area contributed by atoms with Gasteiger partial charge >= 0.3 is 0 Å². The van der Waals surface area contributed by atoms with Crippen LogP contribution >= 0.6 is 0 Å². The Morgan fingerprint density at radius 2 is 2.08 bits per heavy atom. The second-order valence-corrected chi connectivity index (χ2v) is 7.00. The fourth-order valence-corrected chi connectivity index (χ4v) is 3.37. The molecule has 0 aliphatic carbocycles. The molecule has 136 valence electrons. The molecule has 1 saturated heterocycles. The van der Waals surface area contributed by atoms with Gasteiger partial charge < -0.3 is 20.5 Å². The largest absolute Gasteiger partial charge is 0.356 e. The minimum atomic E-state index is 0.507. The van der Waals surface area contributed by atoms with Crippen LogP contribution < -0.4 is 10.6 Å². The molecule has 0 saturated carbocycles. The van der Waals surface area contributed by atoms with Crippen molar-refractivity contribution in [1.29, 1.82) is 0 Å².